The normalized spacial score (nSPS) is 17.0. The smallest absolute Gasteiger partial charge is 0.0458 e. The van der Waals surface area contributed by atoms with Crippen molar-refractivity contribution in [1.29, 1.82) is 0 Å². The highest BCUT2D eigenvalue weighted by Crippen LogP contribution is 2.31. The summed E-state index contributed by atoms with van der Waals surface area (Å²) < 4.78 is 0. The molecule has 1 aromatic heterocycles. The number of H-pyrrole nitrogens is 1. The minimum Gasteiger partial charge on any atom is -0.358 e. The van der Waals surface area contributed by atoms with Gasteiger partial charge in [0.25, 0.3) is 0 Å². The maximum absolute atomic E-state index is 3.61. The Morgan fingerprint density at radius 3 is 2.53 bits per heavy atom. The Morgan fingerprint density at radius 1 is 1.12 bits per heavy atom. The lowest BCUT2D eigenvalue weighted by molar-refractivity contribution is 0.454. The number of aromatic nitrogens is 1. The molecule has 2 nitrogen and oxygen atoms in total. The van der Waals surface area contributed by atoms with E-state index in [9.17, 15) is 0 Å². The number of aromatic amines is 1. The van der Waals surface area contributed by atoms with Gasteiger partial charge in [-0.2, -0.15) is 0 Å². The van der Waals surface area contributed by atoms with Crippen LogP contribution in [-0.4, -0.2) is 18.1 Å². The highest BCUT2D eigenvalue weighted by atomic mass is 35.5. The minimum absolute atomic E-state index is 0. The van der Waals surface area contributed by atoms with Crippen molar-refractivity contribution in [2.24, 2.45) is 0 Å². The number of hydrogen-bond donors (Lipinski definition) is 2. The molecule has 0 unspecified atom stereocenters. The van der Waals surface area contributed by atoms with Gasteiger partial charge >= 0.3 is 0 Å². The molecule has 17 heavy (non-hydrogen) atoms. The van der Waals surface area contributed by atoms with Crippen LogP contribution in [0.15, 0.2) is 24.3 Å². The van der Waals surface area contributed by atoms with Gasteiger partial charge in [-0.25, -0.2) is 0 Å². The Balaban J connectivity index is 0.00000108. The van der Waals surface area contributed by atoms with Crippen molar-refractivity contribution in [2.75, 3.05) is 13.1 Å². The van der Waals surface area contributed by atoms with Crippen LogP contribution in [0.2, 0.25) is 0 Å². The number of halogens is 1. The number of aryl methyl sites for hydroxylation is 1. The molecule has 1 saturated heterocycles. The van der Waals surface area contributed by atoms with Crippen LogP contribution in [0.1, 0.15) is 30.0 Å². The van der Waals surface area contributed by atoms with Crippen molar-refractivity contribution >= 4 is 23.3 Å². The summed E-state index contributed by atoms with van der Waals surface area (Å²) in [4.78, 5) is 3.61. The average molecular weight is 251 g/mol. The van der Waals surface area contributed by atoms with E-state index in [0.717, 1.165) is 13.1 Å². The summed E-state index contributed by atoms with van der Waals surface area (Å²) in [5.41, 5.74) is 4.19. The van der Waals surface area contributed by atoms with Gasteiger partial charge in [0.05, 0.1) is 0 Å². The Kier molecular flexibility index (Phi) is 3.75. The maximum Gasteiger partial charge on any atom is 0.0458 e. The van der Waals surface area contributed by atoms with Gasteiger partial charge in [0.2, 0.25) is 0 Å². The third-order valence-corrected chi connectivity index (χ3v) is 3.75. The van der Waals surface area contributed by atoms with E-state index in [2.05, 4.69) is 41.5 Å². The fraction of sp³-hybridized carbons (Fsp3) is 0.429. The van der Waals surface area contributed by atoms with Gasteiger partial charge in [-0.05, 0) is 44.5 Å². The molecule has 0 spiro atoms. The van der Waals surface area contributed by atoms with Crippen molar-refractivity contribution in [3.05, 3.63) is 35.5 Å². The van der Waals surface area contributed by atoms with Gasteiger partial charge < -0.3 is 10.3 Å². The van der Waals surface area contributed by atoms with E-state index in [1.165, 1.54) is 35.0 Å². The molecule has 2 heterocycles. The molecule has 1 aliphatic rings. The third kappa shape index (κ3) is 2.20. The zero-order valence-electron chi connectivity index (χ0n) is 10.1. The molecule has 0 saturated carbocycles. The molecule has 0 amide bonds. The monoisotopic (exact) mass is 250 g/mol. The van der Waals surface area contributed by atoms with E-state index in [0.29, 0.717) is 5.92 Å². The van der Waals surface area contributed by atoms with Crippen molar-refractivity contribution in [3.8, 4) is 0 Å². The molecule has 3 rings (SSSR count). The highest BCUT2D eigenvalue weighted by Gasteiger charge is 2.19. The van der Waals surface area contributed by atoms with E-state index >= 15 is 0 Å². The SMILES string of the molecule is Cc1c(C2CCNCC2)[nH]c2ccccc12.Cl. The van der Waals surface area contributed by atoms with Crippen molar-refractivity contribution in [1.82, 2.24) is 10.3 Å². The van der Waals surface area contributed by atoms with Gasteiger partial charge in [0.1, 0.15) is 0 Å². The molecule has 0 radical (unpaired) electrons. The first kappa shape index (κ1) is 12.5. The number of nitrogens with one attached hydrogen (secondary N) is 2. The van der Waals surface area contributed by atoms with Gasteiger partial charge in [-0.1, -0.05) is 18.2 Å². The summed E-state index contributed by atoms with van der Waals surface area (Å²) in [5, 5.41) is 4.81. The molecular formula is C14H19ClN2. The predicted molar refractivity (Wildman–Crippen MR) is 75.1 cm³/mol. The van der Waals surface area contributed by atoms with E-state index in [1.807, 2.05) is 0 Å². The highest BCUT2D eigenvalue weighted by molar-refractivity contribution is 5.85. The van der Waals surface area contributed by atoms with Crippen LogP contribution in [0, 0.1) is 6.92 Å². The number of piperidine rings is 1. The minimum atomic E-state index is 0. The quantitative estimate of drug-likeness (QED) is 0.798. The Bertz CT molecular complexity index is 498. The lowest BCUT2D eigenvalue weighted by Gasteiger charge is -2.22. The van der Waals surface area contributed by atoms with E-state index in [1.54, 1.807) is 0 Å². The summed E-state index contributed by atoms with van der Waals surface area (Å²) >= 11 is 0. The first-order valence-corrected chi connectivity index (χ1v) is 6.14. The number of fused-ring (bicyclic) bond motifs is 1. The molecule has 3 heteroatoms. The molecule has 0 aliphatic carbocycles. The zero-order valence-corrected chi connectivity index (χ0v) is 10.9. The van der Waals surface area contributed by atoms with Gasteiger partial charge in [0.15, 0.2) is 0 Å². The summed E-state index contributed by atoms with van der Waals surface area (Å²) in [6.45, 7) is 4.55. The summed E-state index contributed by atoms with van der Waals surface area (Å²) in [5.74, 6) is 0.716. The van der Waals surface area contributed by atoms with E-state index < -0.39 is 0 Å². The molecule has 0 atom stereocenters. The zero-order chi connectivity index (χ0) is 11.0. The van der Waals surface area contributed by atoms with Gasteiger partial charge in [-0.3, -0.25) is 0 Å². The van der Waals surface area contributed by atoms with Crippen LogP contribution < -0.4 is 5.32 Å². The Labute approximate surface area is 108 Å². The second kappa shape index (κ2) is 5.11. The molecular weight excluding hydrogens is 232 g/mol. The first-order valence-electron chi connectivity index (χ1n) is 6.14. The van der Waals surface area contributed by atoms with Crippen LogP contribution in [0.3, 0.4) is 0 Å². The maximum atomic E-state index is 3.61. The van der Waals surface area contributed by atoms with E-state index in [-0.39, 0.29) is 12.4 Å². The Hall–Kier alpha value is -0.990. The summed E-state index contributed by atoms with van der Waals surface area (Å²) in [6, 6.07) is 8.61. The molecule has 1 fully saturated rings. The Morgan fingerprint density at radius 2 is 1.82 bits per heavy atom. The molecule has 0 bridgehead atoms. The van der Waals surface area contributed by atoms with Gasteiger partial charge in [-0.15, -0.1) is 12.4 Å². The van der Waals surface area contributed by atoms with Crippen molar-refractivity contribution < 1.29 is 0 Å². The summed E-state index contributed by atoms with van der Waals surface area (Å²) in [7, 11) is 0. The number of rotatable bonds is 1. The van der Waals surface area contributed by atoms with Crippen LogP contribution in [0.4, 0.5) is 0 Å². The average Bonchev–Trinajstić information content (AvgIpc) is 2.69. The topological polar surface area (TPSA) is 27.8 Å². The van der Waals surface area contributed by atoms with Crippen LogP contribution in [0.5, 0.6) is 0 Å². The molecule has 1 aromatic carbocycles. The number of hydrogen-bond acceptors (Lipinski definition) is 1. The van der Waals surface area contributed by atoms with E-state index in [4.69, 9.17) is 0 Å². The fourth-order valence-corrected chi connectivity index (χ4v) is 2.82. The van der Waals surface area contributed by atoms with Crippen molar-refractivity contribution in [2.45, 2.75) is 25.7 Å². The molecule has 2 aromatic rings. The lowest BCUT2D eigenvalue weighted by Crippen LogP contribution is -2.27. The molecule has 1 aliphatic heterocycles. The lowest BCUT2D eigenvalue weighted by atomic mass is 9.92. The van der Waals surface area contributed by atoms with Crippen LogP contribution >= 0.6 is 12.4 Å². The van der Waals surface area contributed by atoms with Crippen molar-refractivity contribution in [3.63, 3.8) is 0 Å². The van der Waals surface area contributed by atoms with Crippen LogP contribution in [-0.2, 0) is 0 Å². The molecule has 92 valence electrons. The van der Waals surface area contributed by atoms with Gasteiger partial charge in [0, 0.05) is 22.5 Å². The predicted octanol–water partition coefficient (Wildman–Crippen LogP) is 3.37. The van der Waals surface area contributed by atoms with Crippen LogP contribution in [0.25, 0.3) is 10.9 Å². The second-order valence-electron chi connectivity index (χ2n) is 4.73. The number of benzene rings is 1. The summed E-state index contributed by atoms with van der Waals surface area (Å²) in [6.07, 6.45) is 2.52. The molecule has 2 N–H and O–H groups in total. The fourth-order valence-electron chi connectivity index (χ4n) is 2.82. The third-order valence-electron chi connectivity index (χ3n) is 3.75. The second-order valence-corrected chi connectivity index (χ2v) is 4.73. The number of para-hydroxylation sites is 1. The largest absolute Gasteiger partial charge is 0.358 e. The first-order chi connectivity index (χ1) is 7.86. The standard InChI is InChI=1S/C14H18N2.ClH/c1-10-12-4-2-3-5-13(12)16-14(10)11-6-8-15-9-7-11;/h2-5,11,15-16H,6-9H2,1H3;1H.